The van der Waals surface area contributed by atoms with Crippen molar-refractivity contribution in [3.63, 3.8) is 0 Å². The average molecular weight is 341 g/mol. The van der Waals surface area contributed by atoms with E-state index in [2.05, 4.69) is 15.3 Å². The number of aromatic nitrogens is 2. The van der Waals surface area contributed by atoms with Gasteiger partial charge in [0, 0.05) is 32.4 Å². The summed E-state index contributed by atoms with van der Waals surface area (Å²) in [6, 6.07) is 8.74. The highest BCUT2D eigenvalue weighted by molar-refractivity contribution is 6.03. The molecule has 25 heavy (non-hydrogen) atoms. The third-order valence-corrected chi connectivity index (χ3v) is 3.98. The second-order valence-electron chi connectivity index (χ2n) is 5.52. The van der Waals surface area contributed by atoms with E-state index in [1.807, 2.05) is 17.0 Å². The van der Waals surface area contributed by atoms with Gasteiger partial charge in [0.15, 0.2) is 0 Å². The second kappa shape index (κ2) is 7.61. The summed E-state index contributed by atoms with van der Waals surface area (Å²) in [6.07, 6.45) is 2.40. The number of nitrogens with zero attached hydrogens (tertiary/aromatic N) is 4. The highest BCUT2D eigenvalue weighted by Gasteiger charge is 2.19. The van der Waals surface area contributed by atoms with Crippen molar-refractivity contribution in [2.24, 2.45) is 0 Å². The molecule has 130 valence electrons. The maximum absolute atomic E-state index is 12.5. The third-order valence-electron chi connectivity index (χ3n) is 3.98. The second-order valence-corrected chi connectivity index (χ2v) is 5.52. The lowest BCUT2D eigenvalue weighted by Gasteiger charge is -2.32. The Morgan fingerprint density at radius 3 is 2.68 bits per heavy atom. The molecule has 1 fully saturated rings. The number of carbonyl (C=O) groups excluding carboxylic acids is 2. The number of rotatable bonds is 5. The maximum atomic E-state index is 12.5. The predicted octanol–water partition coefficient (Wildman–Crippen LogP) is 1.02. The van der Waals surface area contributed by atoms with Crippen LogP contribution in [0.15, 0.2) is 36.5 Å². The number of amides is 2. The molecule has 8 nitrogen and oxygen atoms in total. The molecular formula is C17H19N5O3. The van der Waals surface area contributed by atoms with Crippen LogP contribution in [0.2, 0.25) is 0 Å². The van der Waals surface area contributed by atoms with Crippen LogP contribution in [0.4, 0.5) is 11.6 Å². The van der Waals surface area contributed by atoms with E-state index in [4.69, 9.17) is 4.74 Å². The number of anilines is 2. The number of nitrogens with one attached hydrogen (secondary N) is 1. The van der Waals surface area contributed by atoms with Gasteiger partial charge in [0.25, 0.3) is 5.91 Å². The first kappa shape index (κ1) is 16.7. The minimum Gasteiger partial charge on any atom is -0.495 e. The first-order valence-electron chi connectivity index (χ1n) is 7.93. The zero-order chi connectivity index (χ0) is 17.6. The first-order valence-corrected chi connectivity index (χ1v) is 7.93. The Kier molecular flexibility index (Phi) is 5.08. The molecule has 0 unspecified atom stereocenters. The van der Waals surface area contributed by atoms with Crippen molar-refractivity contribution < 1.29 is 14.3 Å². The smallest absolute Gasteiger partial charge is 0.274 e. The summed E-state index contributed by atoms with van der Waals surface area (Å²) in [5, 5.41) is 2.80. The molecule has 1 aliphatic rings. The molecule has 1 aromatic carbocycles. The van der Waals surface area contributed by atoms with E-state index in [-0.39, 0.29) is 11.6 Å². The Bertz CT molecular complexity index is 759. The van der Waals surface area contributed by atoms with E-state index in [0.717, 1.165) is 6.41 Å². The molecule has 0 saturated carbocycles. The molecular weight excluding hydrogens is 322 g/mol. The topological polar surface area (TPSA) is 87.7 Å². The number of carbonyl (C=O) groups is 2. The highest BCUT2D eigenvalue weighted by Crippen LogP contribution is 2.23. The van der Waals surface area contributed by atoms with Crippen molar-refractivity contribution in [1.82, 2.24) is 14.9 Å². The summed E-state index contributed by atoms with van der Waals surface area (Å²) >= 11 is 0. The first-order chi connectivity index (χ1) is 12.2. The standard InChI is InChI=1S/C17H19N5O3/c1-25-15-5-3-2-4-13(15)19-16(24)14-6-7-18-17(20-14)22-10-8-21(12-23)9-11-22/h2-7,12H,8-11H2,1H3,(H,19,24). The van der Waals surface area contributed by atoms with Gasteiger partial charge in [-0.15, -0.1) is 0 Å². The predicted molar refractivity (Wildman–Crippen MR) is 92.8 cm³/mol. The Balaban J connectivity index is 1.73. The van der Waals surface area contributed by atoms with Gasteiger partial charge in [0.05, 0.1) is 12.8 Å². The summed E-state index contributed by atoms with van der Waals surface area (Å²) in [5.41, 5.74) is 0.850. The van der Waals surface area contributed by atoms with Gasteiger partial charge >= 0.3 is 0 Å². The zero-order valence-electron chi connectivity index (χ0n) is 13.9. The number of piperazine rings is 1. The lowest BCUT2D eigenvalue weighted by molar-refractivity contribution is -0.118. The highest BCUT2D eigenvalue weighted by atomic mass is 16.5. The molecule has 0 atom stereocenters. The molecule has 8 heteroatoms. The number of hydrogen-bond acceptors (Lipinski definition) is 6. The number of benzene rings is 1. The van der Waals surface area contributed by atoms with Crippen LogP contribution in [0, 0.1) is 0 Å². The van der Waals surface area contributed by atoms with Gasteiger partial charge in [-0.2, -0.15) is 0 Å². The fourth-order valence-corrected chi connectivity index (χ4v) is 2.59. The molecule has 3 rings (SSSR count). The van der Waals surface area contributed by atoms with Crippen molar-refractivity contribution >= 4 is 24.0 Å². The quantitative estimate of drug-likeness (QED) is 0.817. The molecule has 0 spiro atoms. The Morgan fingerprint density at radius 1 is 1.20 bits per heavy atom. The summed E-state index contributed by atoms with van der Waals surface area (Å²) < 4.78 is 5.23. The van der Waals surface area contributed by atoms with E-state index < -0.39 is 0 Å². The largest absolute Gasteiger partial charge is 0.495 e. The monoisotopic (exact) mass is 341 g/mol. The van der Waals surface area contributed by atoms with Crippen LogP contribution < -0.4 is 15.0 Å². The normalized spacial score (nSPS) is 14.1. The Labute approximate surface area is 145 Å². The molecule has 2 aromatic rings. The molecule has 1 aliphatic heterocycles. The van der Waals surface area contributed by atoms with Crippen molar-refractivity contribution in [3.8, 4) is 5.75 Å². The summed E-state index contributed by atoms with van der Waals surface area (Å²) in [7, 11) is 1.55. The molecule has 0 radical (unpaired) electrons. The van der Waals surface area contributed by atoms with Gasteiger partial charge in [-0.1, -0.05) is 12.1 Å². The van der Waals surface area contributed by atoms with Crippen molar-refractivity contribution in [2.75, 3.05) is 43.5 Å². The minimum absolute atomic E-state index is 0.272. The van der Waals surface area contributed by atoms with Crippen molar-refractivity contribution in [2.45, 2.75) is 0 Å². The zero-order valence-corrected chi connectivity index (χ0v) is 13.9. The van der Waals surface area contributed by atoms with Crippen LogP contribution in [0.1, 0.15) is 10.5 Å². The van der Waals surface area contributed by atoms with Crippen LogP contribution in [-0.4, -0.2) is 60.5 Å². The van der Waals surface area contributed by atoms with Crippen LogP contribution >= 0.6 is 0 Å². The summed E-state index contributed by atoms with van der Waals surface area (Å²) in [5.74, 6) is 0.730. The third kappa shape index (κ3) is 3.85. The SMILES string of the molecule is COc1ccccc1NC(=O)c1ccnc(N2CCN(C=O)CC2)n1. The lowest BCUT2D eigenvalue weighted by Crippen LogP contribution is -2.46. The number of hydrogen-bond donors (Lipinski definition) is 1. The van der Waals surface area contributed by atoms with E-state index in [1.54, 1.807) is 36.4 Å². The van der Waals surface area contributed by atoms with E-state index in [1.165, 1.54) is 0 Å². The maximum Gasteiger partial charge on any atom is 0.274 e. The number of para-hydroxylation sites is 2. The van der Waals surface area contributed by atoms with Crippen molar-refractivity contribution in [1.29, 1.82) is 0 Å². The molecule has 0 bridgehead atoms. The molecule has 1 saturated heterocycles. The van der Waals surface area contributed by atoms with Gasteiger partial charge in [-0.05, 0) is 18.2 Å². The van der Waals surface area contributed by atoms with Crippen LogP contribution in [0.25, 0.3) is 0 Å². The summed E-state index contributed by atoms with van der Waals surface area (Å²) in [4.78, 5) is 35.5. The number of methoxy groups -OCH3 is 1. The van der Waals surface area contributed by atoms with E-state index in [0.29, 0.717) is 43.6 Å². The van der Waals surface area contributed by atoms with Gasteiger partial charge in [0.2, 0.25) is 12.4 Å². The molecule has 2 amide bonds. The summed E-state index contributed by atoms with van der Waals surface area (Å²) in [6.45, 7) is 2.50. The van der Waals surface area contributed by atoms with Crippen molar-refractivity contribution in [3.05, 3.63) is 42.2 Å². The fourth-order valence-electron chi connectivity index (χ4n) is 2.59. The van der Waals surface area contributed by atoms with Gasteiger partial charge in [-0.25, -0.2) is 9.97 Å². The molecule has 1 N–H and O–H groups in total. The average Bonchev–Trinajstić information content (AvgIpc) is 2.68. The van der Waals surface area contributed by atoms with Crippen LogP contribution in [0.5, 0.6) is 5.75 Å². The van der Waals surface area contributed by atoms with Crippen LogP contribution in [0.3, 0.4) is 0 Å². The minimum atomic E-state index is -0.334. The Morgan fingerprint density at radius 2 is 1.96 bits per heavy atom. The van der Waals surface area contributed by atoms with Gasteiger partial charge < -0.3 is 19.9 Å². The number of ether oxygens (including phenoxy) is 1. The van der Waals surface area contributed by atoms with E-state index >= 15 is 0 Å². The van der Waals surface area contributed by atoms with Gasteiger partial charge in [0.1, 0.15) is 11.4 Å². The molecule has 1 aromatic heterocycles. The van der Waals surface area contributed by atoms with E-state index in [9.17, 15) is 9.59 Å². The molecule has 2 heterocycles. The lowest BCUT2D eigenvalue weighted by atomic mass is 10.2. The Hall–Kier alpha value is -3.16. The van der Waals surface area contributed by atoms with Gasteiger partial charge in [-0.3, -0.25) is 9.59 Å². The molecule has 0 aliphatic carbocycles. The van der Waals surface area contributed by atoms with Crippen LogP contribution in [-0.2, 0) is 4.79 Å². The fraction of sp³-hybridized carbons (Fsp3) is 0.294.